The smallest absolute Gasteiger partial charge is 0.228 e. The predicted octanol–water partition coefficient (Wildman–Crippen LogP) is 2.21. The third kappa shape index (κ3) is 3.82. The van der Waals surface area contributed by atoms with Gasteiger partial charge in [0.15, 0.2) is 0 Å². The van der Waals surface area contributed by atoms with Crippen LogP contribution in [0.2, 0.25) is 0 Å². The molecule has 25 heavy (non-hydrogen) atoms. The molecule has 0 bridgehead atoms. The molecule has 0 saturated carbocycles. The summed E-state index contributed by atoms with van der Waals surface area (Å²) in [5.41, 5.74) is 6.84. The fourth-order valence-corrected chi connectivity index (χ4v) is 4.24. The maximum absolute atomic E-state index is 13.3. The highest BCUT2D eigenvalue weighted by Crippen LogP contribution is 2.38. The molecule has 2 saturated heterocycles. The van der Waals surface area contributed by atoms with Crippen molar-refractivity contribution < 1.29 is 9.59 Å². The van der Waals surface area contributed by atoms with Crippen molar-refractivity contribution in [1.29, 1.82) is 0 Å². The number of hydrogen-bond acceptors (Lipinski definition) is 3. The Morgan fingerprint density at radius 1 is 1.28 bits per heavy atom. The van der Waals surface area contributed by atoms with E-state index in [2.05, 4.69) is 6.92 Å². The van der Waals surface area contributed by atoms with Crippen molar-refractivity contribution in [2.75, 3.05) is 20.1 Å². The van der Waals surface area contributed by atoms with Crippen LogP contribution in [-0.2, 0) is 9.59 Å². The Hall–Kier alpha value is -1.59. The van der Waals surface area contributed by atoms with Crippen molar-refractivity contribution in [1.82, 2.24) is 9.80 Å². The van der Waals surface area contributed by atoms with Crippen LogP contribution >= 0.6 is 12.4 Å². The van der Waals surface area contributed by atoms with Crippen molar-refractivity contribution in [2.24, 2.45) is 17.6 Å². The summed E-state index contributed by atoms with van der Waals surface area (Å²) in [6.07, 6.45) is 2.04. The van der Waals surface area contributed by atoms with E-state index in [1.165, 1.54) is 0 Å². The average molecular weight is 366 g/mol. The van der Waals surface area contributed by atoms with Gasteiger partial charge in [0.25, 0.3) is 0 Å². The predicted molar refractivity (Wildman–Crippen MR) is 100 cm³/mol. The minimum Gasteiger partial charge on any atom is -0.339 e. The summed E-state index contributed by atoms with van der Waals surface area (Å²) < 4.78 is 0. The molecule has 6 heteroatoms. The number of rotatable bonds is 3. The van der Waals surface area contributed by atoms with Crippen LogP contribution in [-0.4, -0.2) is 47.8 Å². The van der Waals surface area contributed by atoms with Crippen LogP contribution in [0, 0.1) is 11.8 Å². The van der Waals surface area contributed by atoms with Gasteiger partial charge in [0.1, 0.15) is 0 Å². The number of halogens is 1. The third-order valence-corrected chi connectivity index (χ3v) is 5.60. The first-order chi connectivity index (χ1) is 11.5. The maximum Gasteiger partial charge on any atom is 0.228 e. The fourth-order valence-electron chi connectivity index (χ4n) is 4.24. The number of piperidine rings is 1. The maximum atomic E-state index is 13.3. The molecule has 0 aliphatic carbocycles. The van der Waals surface area contributed by atoms with E-state index in [9.17, 15) is 9.59 Å². The normalized spacial score (nSPS) is 29.5. The van der Waals surface area contributed by atoms with Gasteiger partial charge in [-0.25, -0.2) is 0 Å². The number of amides is 2. The summed E-state index contributed by atoms with van der Waals surface area (Å²) in [6, 6.07) is 9.96. The van der Waals surface area contributed by atoms with Gasteiger partial charge in [-0.05, 0) is 37.8 Å². The first kappa shape index (κ1) is 19.7. The SMILES string of the molecule is CC1CC(CN)CN1C(=O)C1CCC(=O)N(C)C1c1ccccc1.Cl. The molecular formula is C19H28ClN3O2. The minimum atomic E-state index is -0.177. The molecule has 1 aromatic carbocycles. The zero-order valence-corrected chi connectivity index (χ0v) is 15.7. The van der Waals surface area contributed by atoms with Crippen molar-refractivity contribution in [3.05, 3.63) is 35.9 Å². The lowest BCUT2D eigenvalue weighted by Gasteiger charge is -2.40. The second-order valence-corrected chi connectivity index (χ2v) is 7.18. The van der Waals surface area contributed by atoms with Crippen molar-refractivity contribution >= 4 is 24.2 Å². The highest BCUT2D eigenvalue weighted by atomic mass is 35.5. The Bertz CT molecular complexity index is 610. The molecule has 2 aliphatic rings. The lowest BCUT2D eigenvalue weighted by Crippen LogP contribution is -2.48. The van der Waals surface area contributed by atoms with E-state index in [0.29, 0.717) is 25.3 Å². The van der Waals surface area contributed by atoms with E-state index in [0.717, 1.165) is 18.5 Å². The Morgan fingerprint density at radius 3 is 2.56 bits per heavy atom. The second kappa shape index (κ2) is 8.19. The van der Waals surface area contributed by atoms with Gasteiger partial charge in [0.2, 0.25) is 11.8 Å². The molecule has 2 fully saturated rings. The van der Waals surface area contributed by atoms with Crippen LogP contribution < -0.4 is 5.73 Å². The Morgan fingerprint density at radius 2 is 1.96 bits per heavy atom. The van der Waals surface area contributed by atoms with Gasteiger partial charge in [-0.15, -0.1) is 12.4 Å². The Balaban J connectivity index is 0.00000225. The lowest BCUT2D eigenvalue weighted by molar-refractivity contribution is -0.147. The Kier molecular flexibility index (Phi) is 6.47. The first-order valence-electron chi connectivity index (χ1n) is 8.84. The van der Waals surface area contributed by atoms with Crippen molar-refractivity contribution in [2.45, 2.75) is 38.3 Å². The van der Waals surface area contributed by atoms with Crippen LogP contribution in [0.5, 0.6) is 0 Å². The molecule has 2 amide bonds. The number of benzene rings is 1. The van der Waals surface area contributed by atoms with Crippen LogP contribution in [0.3, 0.4) is 0 Å². The highest BCUT2D eigenvalue weighted by Gasteiger charge is 2.43. The summed E-state index contributed by atoms with van der Waals surface area (Å²) in [5.74, 6) is 0.505. The van der Waals surface area contributed by atoms with Crippen LogP contribution in [0.1, 0.15) is 37.8 Å². The van der Waals surface area contributed by atoms with Crippen LogP contribution in [0.25, 0.3) is 0 Å². The first-order valence-corrected chi connectivity index (χ1v) is 8.84. The molecule has 2 N–H and O–H groups in total. The zero-order valence-electron chi connectivity index (χ0n) is 14.9. The number of nitrogens with two attached hydrogens (primary N) is 1. The molecule has 5 nitrogen and oxygen atoms in total. The number of carbonyl (C=O) groups is 2. The lowest BCUT2D eigenvalue weighted by atomic mass is 9.83. The number of hydrogen-bond donors (Lipinski definition) is 1. The van der Waals surface area contributed by atoms with Crippen molar-refractivity contribution in [3.8, 4) is 0 Å². The molecule has 0 spiro atoms. The topological polar surface area (TPSA) is 66.6 Å². The van der Waals surface area contributed by atoms with E-state index in [1.54, 1.807) is 4.90 Å². The third-order valence-electron chi connectivity index (χ3n) is 5.60. The average Bonchev–Trinajstić information content (AvgIpc) is 2.98. The molecule has 4 atom stereocenters. The molecule has 2 aliphatic heterocycles. The molecule has 138 valence electrons. The molecule has 2 heterocycles. The number of nitrogens with zero attached hydrogens (tertiary/aromatic N) is 2. The van der Waals surface area contributed by atoms with E-state index in [1.807, 2.05) is 42.3 Å². The monoisotopic (exact) mass is 365 g/mol. The summed E-state index contributed by atoms with van der Waals surface area (Å²) in [4.78, 5) is 29.2. The largest absolute Gasteiger partial charge is 0.339 e. The molecule has 4 unspecified atom stereocenters. The van der Waals surface area contributed by atoms with Gasteiger partial charge in [-0.3, -0.25) is 9.59 Å². The molecule has 0 aromatic heterocycles. The molecular weight excluding hydrogens is 338 g/mol. The highest BCUT2D eigenvalue weighted by molar-refractivity contribution is 5.85. The quantitative estimate of drug-likeness (QED) is 0.893. The van der Waals surface area contributed by atoms with E-state index in [-0.39, 0.29) is 42.2 Å². The molecule has 1 aromatic rings. The van der Waals surface area contributed by atoms with Gasteiger partial charge in [-0.1, -0.05) is 30.3 Å². The summed E-state index contributed by atoms with van der Waals surface area (Å²) in [6.45, 7) is 3.47. The van der Waals surface area contributed by atoms with E-state index < -0.39 is 0 Å². The second-order valence-electron chi connectivity index (χ2n) is 7.18. The Labute approximate surface area is 155 Å². The summed E-state index contributed by atoms with van der Waals surface area (Å²) >= 11 is 0. The summed E-state index contributed by atoms with van der Waals surface area (Å²) in [7, 11) is 1.82. The van der Waals surface area contributed by atoms with Gasteiger partial charge < -0.3 is 15.5 Å². The van der Waals surface area contributed by atoms with Gasteiger partial charge in [-0.2, -0.15) is 0 Å². The number of carbonyl (C=O) groups excluding carboxylic acids is 2. The molecule has 0 radical (unpaired) electrons. The van der Waals surface area contributed by atoms with Gasteiger partial charge in [0.05, 0.1) is 12.0 Å². The van der Waals surface area contributed by atoms with Crippen molar-refractivity contribution in [3.63, 3.8) is 0 Å². The molecule has 3 rings (SSSR count). The standard InChI is InChI=1S/C19H27N3O2.ClH/c1-13-10-14(11-20)12-22(13)19(24)16-8-9-17(23)21(2)18(16)15-6-4-3-5-7-15;/h3-7,13-14,16,18H,8-12,20H2,1-2H3;1H. The number of likely N-dealkylation sites (tertiary alicyclic amines) is 2. The minimum absolute atomic E-state index is 0. The van der Waals surface area contributed by atoms with E-state index in [4.69, 9.17) is 5.73 Å². The van der Waals surface area contributed by atoms with Crippen LogP contribution in [0.15, 0.2) is 30.3 Å². The van der Waals surface area contributed by atoms with Gasteiger partial charge >= 0.3 is 0 Å². The van der Waals surface area contributed by atoms with Gasteiger partial charge in [0, 0.05) is 26.1 Å². The fraction of sp³-hybridized carbons (Fsp3) is 0.579. The summed E-state index contributed by atoms with van der Waals surface area (Å²) in [5, 5.41) is 0. The van der Waals surface area contributed by atoms with Crippen LogP contribution in [0.4, 0.5) is 0 Å². The van der Waals surface area contributed by atoms with E-state index >= 15 is 0 Å². The zero-order chi connectivity index (χ0) is 17.3.